The van der Waals surface area contributed by atoms with Gasteiger partial charge in [0, 0.05) is 36.1 Å². The number of hydrogen-bond acceptors (Lipinski definition) is 4. The highest BCUT2D eigenvalue weighted by molar-refractivity contribution is 5.63. The zero-order valence-corrected chi connectivity index (χ0v) is 11.4. The fourth-order valence-electron chi connectivity index (χ4n) is 1.90. The van der Waals surface area contributed by atoms with Crippen molar-refractivity contribution in [3.63, 3.8) is 0 Å². The van der Waals surface area contributed by atoms with Gasteiger partial charge in [0.05, 0.1) is 4.92 Å². The number of nitro benzene ring substituents is 1. The molecule has 1 rings (SSSR count). The van der Waals surface area contributed by atoms with Crippen molar-refractivity contribution in [1.82, 2.24) is 0 Å². The number of hydrogen-bond donors (Lipinski definition) is 1. The maximum absolute atomic E-state index is 10.9. The van der Waals surface area contributed by atoms with Crippen LogP contribution in [-0.4, -0.2) is 17.5 Å². The largest absolute Gasteiger partial charge is 0.398 e. The summed E-state index contributed by atoms with van der Waals surface area (Å²) in [5.74, 6) is 0.480. The number of nitrogen functional groups attached to an aromatic ring is 1. The monoisotopic (exact) mass is 251 g/mol. The fraction of sp³-hybridized carbons (Fsp3) is 0.538. The van der Waals surface area contributed by atoms with Crippen molar-refractivity contribution < 1.29 is 4.92 Å². The average Bonchev–Trinajstić information content (AvgIpc) is 2.24. The van der Waals surface area contributed by atoms with E-state index >= 15 is 0 Å². The lowest BCUT2D eigenvalue weighted by atomic mass is 10.1. The van der Waals surface area contributed by atoms with Gasteiger partial charge in [-0.2, -0.15) is 0 Å². The van der Waals surface area contributed by atoms with E-state index in [9.17, 15) is 10.1 Å². The molecule has 0 saturated heterocycles. The quantitative estimate of drug-likeness (QED) is 0.496. The van der Waals surface area contributed by atoms with Crippen molar-refractivity contribution in [2.75, 3.05) is 17.2 Å². The van der Waals surface area contributed by atoms with E-state index < -0.39 is 4.92 Å². The number of rotatable bonds is 5. The number of anilines is 2. The molecule has 0 aliphatic carbocycles. The number of benzene rings is 1. The molecule has 5 nitrogen and oxygen atoms in total. The molecule has 18 heavy (non-hydrogen) atoms. The molecule has 0 aliphatic heterocycles. The maximum atomic E-state index is 10.9. The lowest BCUT2D eigenvalue weighted by molar-refractivity contribution is -0.384. The third kappa shape index (κ3) is 3.61. The molecule has 0 aliphatic rings. The van der Waals surface area contributed by atoms with Gasteiger partial charge >= 0.3 is 0 Å². The average molecular weight is 251 g/mol. The molecule has 0 amide bonds. The first-order chi connectivity index (χ1) is 8.31. The van der Waals surface area contributed by atoms with Crippen molar-refractivity contribution in [2.45, 2.75) is 33.7 Å². The van der Waals surface area contributed by atoms with Gasteiger partial charge in [0.2, 0.25) is 0 Å². The van der Waals surface area contributed by atoms with Crippen molar-refractivity contribution >= 4 is 17.1 Å². The normalized spacial score (nSPS) is 11.0. The molecular weight excluding hydrogens is 230 g/mol. The molecule has 0 heterocycles. The van der Waals surface area contributed by atoms with E-state index in [1.807, 2.05) is 0 Å². The second kappa shape index (κ2) is 5.71. The SMILES string of the molecule is CC(C)CN(c1cc(N)cc([N+](=O)[O-])c1)C(C)C. The Morgan fingerprint density at radius 2 is 1.89 bits per heavy atom. The first-order valence-corrected chi connectivity index (χ1v) is 6.13. The van der Waals surface area contributed by atoms with Gasteiger partial charge < -0.3 is 10.6 Å². The molecular formula is C13H21N3O2. The number of nitrogens with zero attached hydrogens (tertiary/aromatic N) is 2. The smallest absolute Gasteiger partial charge is 0.273 e. The van der Waals surface area contributed by atoms with Crippen LogP contribution in [0.15, 0.2) is 18.2 Å². The fourth-order valence-corrected chi connectivity index (χ4v) is 1.90. The lowest BCUT2D eigenvalue weighted by Gasteiger charge is -2.30. The maximum Gasteiger partial charge on any atom is 0.273 e. The Morgan fingerprint density at radius 1 is 1.28 bits per heavy atom. The second-order valence-electron chi connectivity index (χ2n) is 5.18. The van der Waals surface area contributed by atoms with Crippen LogP contribution in [0.2, 0.25) is 0 Å². The third-order valence-corrected chi connectivity index (χ3v) is 2.65. The van der Waals surface area contributed by atoms with Gasteiger partial charge in [0.1, 0.15) is 0 Å². The summed E-state index contributed by atoms with van der Waals surface area (Å²) in [6, 6.07) is 5.03. The van der Waals surface area contributed by atoms with E-state index in [1.165, 1.54) is 6.07 Å². The molecule has 1 aromatic carbocycles. The predicted molar refractivity (Wildman–Crippen MR) is 74.8 cm³/mol. The van der Waals surface area contributed by atoms with Crippen LogP contribution in [0.1, 0.15) is 27.7 Å². The first kappa shape index (κ1) is 14.3. The van der Waals surface area contributed by atoms with Gasteiger partial charge in [-0.3, -0.25) is 10.1 Å². The highest BCUT2D eigenvalue weighted by Crippen LogP contribution is 2.27. The van der Waals surface area contributed by atoms with Gasteiger partial charge in [-0.05, 0) is 25.8 Å². The van der Waals surface area contributed by atoms with Gasteiger partial charge in [0.15, 0.2) is 0 Å². The Morgan fingerprint density at radius 3 is 2.33 bits per heavy atom. The molecule has 0 unspecified atom stereocenters. The Kier molecular flexibility index (Phi) is 4.53. The Hall–Kier alpha value is -1.78. The zero-order chi connectivity index (χ0) is 13.9. The number of non-ortho nitro benzene ring substituents is 1. The van der Waals surface area contributed by atoms with Gasteiger partial charge in [-0.1, -0.05) is 13.8 Å². The molecule has 2 N–H and O–H groups in total. The minimum Gasteiger partial charge on any atom is -0.398 e. The molecule has 0 aromatic heterocycles. The number of nitrogens with two attached hydrogens (primary N) is 1. The molecule has 0 radical (unpaired) electrons. The summed E-state index contributed by atoms with van der Waals surface area (Å²) >= 11 is 0. The molecule has 0 saturated carbocycles. The molecule has 1 aromatic rings. The van der Waals surface area contributed by atoms with E-state index in [2.05, 4.69) is 32.6 Å². The van der Waals surface area contributed by atoms with E-state index in [-0.39, 0.29) is 11.7 Å². The molecule has 100 valence electrons. The summed E-state index contributed by atoms with van der Waals surface area (Å²) in [5.41, 5.74) is 7.01. The Labute approximate surface area is 108 Å². The summed E-state index contributed by atoms with van der Waals surface area (Å²) < 4.78 is 0. The van der Waals surface area contributed by atoms with Crippen LogP contribution < -0.4 is 10.6 Å². The lowest BCUT2D eigenvalue weighted by Crippen LogP contribution is -2.34. The topological polar surface area (TPSA) is 72.4 Å². The molecule has 0 bridgehead atoms. The zero-order valence-electron chi connectivity index (χ0n) is 11.4. The van der Waals surface area contributed by atoms with E-state index in [0.717, 1.165) is 12.2 Å². The standard InChI is InChI=1S/C13H21N3O2/c1-9(2)8-15(10(3)4)12-5-11(14)6-13(7-12)16(17)18/h5-7,9-10H,8,14H2,1-4H3. The van der Waals surface area contributed by atoms with Crippen LogP contribution in [0.3, 0.4) is 0 Å². The van der Waals surface area contributed by atoms with Gasteiger partial charge in [0.25, 0.3) is 5.69 Å². The highest BCUT2D eigenvalue weighted by atomic mass is 16.6. The minimum absolute atomic E-state index is 0.0411. The van der Waals surface area contributed by atoms with Crippen molar-refractivity contribution in [3.8, 4) is 0 Å². The molecule has 0 atom stereocenters. The minimum atomic E-state index is -0.409. The van der Waals surface area contributed by atoms with Crippen LogP contribution in [0.4, 0.5) is 17.1 Å². The van der Waals surface area contributed by atoms with E-state index in [1.54, 1.807) is 12.1 Å². The van der Waals surface area contributed by atoms with Crippen LogP contribution >= 0.6 is 0 Å². The van der Waals surface area contributed by atoms with Crippen LogP contribution in [0.25, 0.3) is 0 Å². The summed E-state index contributed by atoms with van der Waals surface area (Å²) in [6.45, 7) is 9.22. The van der Waals surface area contributed by atoms with E-state index in [4.69, 9.17) is 5.73 Å². The second-order valence-corrected chi connectivity index (χ2v) is 5.18. The molecule has 0 fully saturated rings. The Bertz CT molecular complexity index is 430. The molecule has 5 heteroatoms. The summed E-state index contributed by atoms with van der Waals surface area (Å²) in [5, 5.41) is 10.9. The van der Waals surface area contributed by atoms with Crippen LogP contribution in [-0.2, 0) is 0 Å². The summed E-state index contributed by atoms with van der Waals surface area (Å²) in [6.07, 6.45) is 0. The molecule has 0 spiro atoms. The Balaban J connectivity index is 3.15. The van der Waals surface area contributed by atoms with Crippen molar-refractivity contribution in [1.29, 1.82) is 0 Å². The predicted octanol–water partition coefficient (Wildman–Crippen LogP) is 3.05. The van der Waals surface area contributed by atoms with Crippen LogP contribution in [0.5, 0.6) is 0 Å². The number of nitro groups is 1. The highest BCUT2D eigenvalue weighted by Gasteiger charge is 2.16. The van der Waals surface area contributed by atoms with Crippen molar-refractivity contribution in [3.05, 3.63) is 28.3 Å². The third-order valence-electron chi connectivity index (χ3n) is 2.65. The summed E-state index contributed by atoms with van der Waals surface area (Å²) in [7, 11) is 0. The first-order valence-electron chi connectivity index (χ1n) is 6.13. The van der Waals surface area contributed by atoms with E-state index in [0.29, 0.717) is 11.6 Å². The van der Waals surface area contributed by atoms with Crippen molar-refractivity contribution in [2.24, 2.45) is 5.92 Å². The van der Waals surface area contributed by atoms with Gasteiger partial charge in [-0.25, -0.2) is 0 Å². The van der Waals surface area contributed by atoms with Gasteiger partial charge in [-0.15, -0.1) is 0 Å². The van der Waals surface area contributed by atoms with Crippen LogP contribution in [0, 0.1) is 16.0 Å². The summed E-state index contributed by atoms with van der Waals surface area (Å²) in [4.78, 5) is 12.6.